The summed E-state index contributed by atoms with van der Waals surface area (Å²) >= 11 is 7.27. The van der Waals surface area contributed by atoms with Crippen LogP contribution in [0.15, 0.2) is 29.4 Å². The molecule has 0 N–H and O–H groups in total. The summed E-state index contributed by atoms with van der Waals surface area (Å²) in [5, 5.41) is 9.85. The number of thioether (sulfide) groups is 1. The highest BCUT2D eigenvalue weighted by Crippen LogP contribution is 2.60. The number of hydrogen-bond donors (Lipinski definition) is 0. The Bertz CT molecular complexity index is 985. The van der Waals surface area contributed by atoms with Gasteiger partial charge in [-0.25, -0.2) is 0 Å². The van der Waals surface area contributed by atoms with Crippen molar-refractivity contribution in [1.29, 1.82) is 0 Å². The third-order valence-corrected chi connectivity index (χ3v) is 8.64. The molecule has 0 saturated heterocycles. The third kappa shape index (κ3) is 4.21. The SMILES string of the molecule is CCn1c(SCC(=O)OCC(=O)C23CC4CC(CC(C4)C2)C3)nnc1-c1ccc(Cl)cc1. The molecule has 0 aliphatic heterocycles. The Hall–Kier alpha value is -1.86. The fraction of sp³-hybridized carbons (Fsp3) is 0.583. The first-order valence-electron chi connectivity index (χ1n) is 11.5. The van der Waals surface area contributed by atoms with Crippen molar-refractivity contribution in [2.24, 2.45) is 23.2 Å². The van der Waals surface area contributed by atoms with Gasteiger partial charge in [0, 0.05) is 22.5 Å². The molecule has 6 nitrogen and oxygen atoms in total. The van der Waals surface area contributed by atoms with Crippen LogP contribution >= 0.6 is 23.4 Å². The average Bonchev–Trinajstić information content (AvgIpc) is 3.18. The van der Waals surface area contributed by atoms with Crippen molar-refractivity contribution in [3.8, 4) is 11.4 Å². The molecule has 2 aromatic rings. The van der Waals surface area contributed by atoms with Gasteiger partial charge in [0.1, 0.15) is 0 Å². The quantitative estimate of drug-likeness (QED) is 0.395. The predicted octanol–water partition coefficient (Wildman–Crippen LogP) is 5.04. The van der Waals surface area contributed by atoms with Gasteiger partial charge in [-0.1, -0.05) is 23.4 Å². The lowest BCUT2D eigenvalue weighted by Gasteiger charge is -2.55. The van der Waals surface area contributed by atoms with Crippen LogP contribution in [0.3, 0.4) is 0 Å². The fourth-order valence-corrected chi connectivity index (χ4v) is 7.34. The van der Waals surface area contributed by atoms with E-state index in [4.69, 9.17) is 16.3 Å². The van der Waals surface area contributed by atoms with Gasteiger partial charge >= 0.3 is 5.97 Å². The third-order valence-electron chi connectivity index (χ3n) is 7.45. The van der Waals surface area contributed by atoms with Crippen molar-refractivity contribution < 1.29 is 14.3 Å². The van der Waals surface area contributed by atoms with Crippen molar-refractivity contribution >= 4 is 35.1 Å². The summed E-state index contributed by atoms with van der Waals surface area (Å²) in [7, 11) is 0. The number of Topliss-reactive ketones (excluding diaryl/α,β-unsaturated/α-hetero) is 1. The number of aromatic nitrogens is 3. The largest absolute Gasteiger partial charge is 0.457 e. The second-order valence-electron chi connectivity index (χ2n) is 9.63. The highest BCUT2D eigenvalue weighted by atomic mass is 35.5. The van der Waals surface area contributed by atoms with Gasteiger partial charge in [0.05, 0.1) is 5.75 Å². The Morgan fingerprint density at radius 1 is 1.09 bits per heavy atom. The fourth-order valence-electron chi connectivity index (χ4n) is 6.41. The zero-order valence-corrected chi connectivity index (χ0v) is 19.8. The normalized spacial score (nSPS) is 28.1. The van der Waals surface area contributed by atoms with Gasteiger partial charge in [0.15, 0.2) is 23.4 Å². The molecular weight excluding hydrogens is 446 g/mol. The van der Waals surface area contributed by atoms with Gasteiger partial charge in [-0.2, -0.15) is 0 Å². The number of ether oxygens (including phenoxy) is 1. The Labute approximate surface area is 197 Å². The number of nitrogens with zero attached hydrogens (tertiary/aromatic N) is 3. The summed E-state index contributed by atoms with van der Waals surface area (Å²) in [4.78, 5) is 25.4. The van der Waals surface area contributed by atoms with Crippen LogP contribution in [0.2, 0.25) is 5.02 Å². The van der Waals surface area contributed by atoms with Crippen molar-refractivity contribution in [2.75, 3.05) is 12.4 Å². The number of halogens is 1. The highest BCUT2D eigenvalue weighted by Gasteiger charge is 2.54. The molecule has 32 heavy (non-hydrogen) atoms. The smallest absolute Gasteiger partial charge is 0.316 e. The molecule has 0 unspecified atom stereocenters. The van der Waals surface area contributed by atoms with Crippen LogP contribution in [0.25, 0.3) is 11.4 Å². The lowest BCUT2D eigenvalue weighted by atomic mass is 9.48. The molecule has 0 amide bonds. The molecule has 1 aromatic carbocycles. The van der Waals surface area contributed by atoms with E-state index in [1.807, 2.05) is 35.8 Å². The maximum atomic E-state index is 13.0. The van der Waals surface area contributed by atoms with E-state index in [-0.39, 0.29) is 29.5 Å². The number of carbonyl (C=O) groups is 2. The number of carbonyl (C=O) groups excluding carboxylic acids is 2. The molecule has 0 atom stereocenters. The van der Waals surface area contributed by atoms with Crippen LogP contribution in [-0.2, 0) is 20.9 Å². The predicted molar refractivity (Wildman–Crippen MR) is 123 cm³/mol. The Balaban J connectivity index is 1.16. The number of esters is 1. The second kappa shape index (κ2) is 8.82. The van der Waals surface area contributed by atoms with Crippen molar-refractivity contribution in [1.82, 2.24) is 14.8 Å². The minimum atomic E-state index is -0.383. The molecule has 0 spiro atoms. The minimum Gasteiger partial charge on any atom is -0.457 e. The van der Waals surface area contributed by atoms with Gasteiger partial charge in [-0.05, 0) is 87.5 Å². The Morgan fingerprint density at radius 3 is 2.31 bits per heavy atom. The van der Waals surface area contributed by atoms with Crippen LogP contribution in [0, 0.1) is 23.2 Å². The van der Waals surface area contributed by atoms with Gasteiger partial charge in [0.25, 0.3) is 0 Å². The number of benzene rings is 1. The van der Waals surface area contributed by atoms with E-state index in [9.17, 15) is 9.59 Å². The highest BCUT2D eigenvalue weighted by molar-refractivity contribution is 7.99. The molecule has 0 radical (unpaired) electrons. The second-order valence-corrected chi connectivity index (χ2v) is 11.0. The molecule has 1 aromatic heterocycles. The molecule has 4 saturated carbocycles. The number of hydrogen-bond acceptors (Lipinski definition) is 6. The van der Waals surface area contributed by atoms with E-state index in [0.717, 1.165) is 30.7 Å². The number of ketones is 1. The van der Waals surface area contributed by atoms with E-state index in [1.54, 1.807) is 0 Å². The maximum absolute atomic E-state index is 13.0. The summed E-state index contributed by atoms with van der Waals surface area (Å²) in [5.74, 6) is 2.69. The first-order valence-corrected chi connectivity index (χ1v) is 12.8. The lowest BCUT2D eigenvalue weighted by Crippen LogP contribution is -2.51. The van der Waals surface area contributed by atoms with E-state index in [1.165, 1.54) is 31.0 Å². The summed E-state index contributed by atoms with van der Waals surface area (Å²) < 4.78 is 7.37. The zero-order chi connectivity index (χ0) is 22.3. The van der Waals surface area contributed by atoms with Gasteiger partial charge < -0.3 is 9.30 Å². The summed E-state index contributed by atoms with van der Waals surface area (Å²) in [5.41, 5.74) is 0.692. The minimum absolute atomic E-state index is 0.0952. The Kier molecular flexibility index (Phi) is 6.05. The van der Waals surface area contributed by atoms with Crippen molar-refractivity contribution in [3.63, 3.8) is 0 Å². The van der Waals surface area contributed by atoms with Gasteiger partial charge in [-0.3, -0.25) is 9.59 Å². The van der Waals surface area contributed by atoms with E-state index in [2.05, 4.69) is 10.2 Å². The molecule has 4 bridgehead atoms. The van der Waals surface area contributed by atoms with Gasteiger partial charge in [0.2, 0.25) is 0 Å². The number of rotatable bonds is 8. The van der Waals surface area contributed by atoms with Gasteiger partial charge in [-0.15, -0.1) is 10.2 Å². The van der Waals surface area contributed by atoms with Crippen LogP contribution in [0.4, 0.5) is 0 Å². The lowest BCUT2D eigenvalue weighted by molar-refractivity contribution is -0.156. The van der Waals surface area contributed by atoms with Crippen molar-refractivity contribution in [2.45, 2.75) is 57.1 Å². The van der Waals surface area contributed by atoms with Crippen LogP contribution in [0.5, 0.6) is 0 Å². The van der Waals surface area contributed by atoms with Crippen LogP contribution in [0.1, 0.15) is 45.4 Å². The van der Waals surface area contributed by atoms with E-state index < -0.39 is 0 Å². The van der Waals surface area contributed by atoms with Crippen LogP contribution < -0.4 is 0 Å². The summed E-state index contributed by atoms with van der Waals surface area (Å²) in [6.45, 7) is 2.59. The van der Waals surface area contributed by atoms with E-state index >= 15 is 0 Å². The molecule has 6 rings (SSSR count). The molecule has 4 aliphatic carbocycles. The summed E-state index contributed by atoms with van der Waals surface area (Å²) in [6.07, 6.45) is 6.86. The molecule has 170 valence electrons. The molecule has 1 heterocycles. The maximum Gasteiger partial charge on any atom is 0.316 e. The van der Waals surface area contributed by atoms with E-state index in [0.29, 0.717) is 34.5 Å². The van der Waals surface area contributed by atoms with Crippen molar-refractivity contribution in [3.05, 3.63) is 29.3 Å². The first-order chi connectivity index (χ1) is 15.5. The molecular formula is C24H28ClN3O3S. The summed E-state index contributed by atoms with van der Waals surface area (Å²) in [6, 6.07) is 7.43. The average molecular weight is 474 g/mol. The monoisotopic (exact) mass is 473 g/mol. The molecule has 4 fully saturated rings. The standard InChI is InChI=1S/C24H28ClN3O3S/c1-2-28-22(18-3-5-19(25)6-4-18)26-27-23(28)32-14-21(30)31-13-20(29)24-10-15-7-16(11-24)9-17(8-15)12-24/h3-6,15-17H,2,7-14H2,1H3. The molecule has 4 aliphatic rings. The topological polar surface area (TPSA) is 74.1 Å². The Morgan fingerprint density at radius 2 is 1.72 bits per heavy atom. The first kappa shape index (κ1) is 22.0. The van der Waals surface area contributed by atoms with Crippen LogP contribution in [-0.4, -0.2) is 38.9 Å². The molecule has 8 heteroatoms. The zero-order valence-electron chi connectivity index (χ0n) is 18.3.